The van der Waals surface area contributed by atoms with Crippen LogP contribution in [0.5, 0.6) is 0 Å². The Morgan fingerprint density at radius 1 is 1.61 bits per heavy atom. The molecule has 1 heterocycles. The molecule has 0 aliphatic rings. The monoisotopic (exact) mass is 271 g/mol. The van der Waals surface area contributed by atoms with Crippen LogP contribution in [0.3, 0.4) is 0 Å². The van der Waals surface area contributed by atoms with E-state index in [1.807, 2.05) is 0 Å². The number of carbonyl (C=O) groups is 1. The lowest BCUT2D eigenvalue weighted by Gasteiger charge is -2.21. The molecule has 100 valence electrons. The Balaban J connectivity index is 2.72. The molecule has 1 amide bonds. The number of rotatable bonds is 7. The number of nitrogens with zero attached hydrogens (tertiary/aromatic N) is 2. The van der Waals surface area contributed by atoms with Crippen LogP contribution >= 0.6 is 12.2 Å². The predicted molar refractivity (Wildman–Crippen MR) is 70.4 cm³/mol. The minimum Gasteiger partial charge on any atom is -0.438 e. The summed E-state index contributed by atoms with van der Waals surface area (Å²) in [5, 5.41) is 0. The Morgan fingerprint density at radius 2 is 2.33 bits per heavy atom. The van der Waals surface area contributed by atoms with Crippen LogP contribution in [0.4, 0.5) is 0 Å². The minimum absolute atomic E-state index is 0.224. The first-order chi connectivity index (χ1) is 8.56. The Labute approximate surface area is 111 Å². The lowest BCUT2D eigenvalue weighted by Crippen LogP contribution is -2.36. The SMILES string of the molecule is COCCN(CCC(N)=S)C(=O)c1ocnc1C. The van der Waals surface area contributed by atoms with Crippen molar-refractivity contribution in [3.8, 4) is 0 Å². The third kappa shape index (κ3) is 4.08. The molecule has 1 rings (SSSR count). The molecule has 6 nitrogen and oxygen atoms in total. The Kier molecular flexibility index (Phi) is 5.73. The number of nitrogens with two attached hydrogens (primary N) is 1. The molecule has 18 heavy (non-hydrogen) atoms. The summed E-state index contributed by atoms with van der Waals surface area (Å²) in [6.45, 7) is 3.06. The number of oxazole rings is 1. The predicted octanol–water partition coefficient (Wildman–Crippen LogP) is 0.748. The van der Waals surface area contributed by atoms with Crippen LogP contribution < -0.4 is 5.73 Å². The van der Waals surface area contributed by atoms with Crippen LogP contribution in [-0.4, -0.2) is 47.6 Å². The molecule has 1 aromatic rings. The molecule has 0 spiro atoms. The van der Waals surface area contributed by atoms with E-state index in [0.29, 0.717) is 36.8 Å². The summed E-state index contributed by atoms with van der Waals surface area (Å²) in [7, 11) is 1.58. The molecule has 0 saturated carbocycles. The van der Waals surface area contributed by atoms with Crippen molar-refractivity contribution in [2.75, 3.05) is 26.8 Å². The minimum atomic E-state index is -0.224. The highest BCUT2D eigenvalue weighted by atomic mass is 32.1. The van der Waals surface area contributed by atoms with Crippen LogP contribution in [0.1, 0.15) is 22.7 Å². The van der Waals surface area contributed by atoms with Gasteiger partial charge < -0.3 is 19.8 Å². The zero-order chi connectivity index (χ0) is 13.5. The van der Waals surface area contributed by atoms with Crippen molar-refractivity contribution in [2.45, 2.75) is 13.3 Å². The van der Waals surface area contributed by atoms with E-state index in [9.17, 15) is 4.79 Å². The van der Waals surface area contributed by atoms with Crippen molar-refractivity contribution < 1.29 is 13.9 Å². The van der Waals surface area contributed by atoms with Gasteiger partial charge >= 0.3 is 0 Å². The van der Waals surface area contributed by atoms with Gasteiger partial charge in [0, 0.05) is 26.6 Å². The van der Waals surface area contributed by atoms with Crippen molar-refractivity contribution in [3.05, 3.63) is 17.8 Å². The summed E-state index contributed by atoms with van der Waals surface area (Å²) in [6.07, 6.45) is 1.72. The summed E-state index contributed by atoms with van der Waals surface area (Å²) >= 11 is 4.81. The number of hydrogen-bond acceptors (Lipinski definition) is 5. The van der Waals surface area contributed by atoms with Gasteiger partial charge in [0.25, 0.3) is 5.91 Å². The first-order valence-corrected chi connectivity index (χ1v) is 5.93. The number of methoxy groups -OCH3 is 1. The third-order valence-corrected chi connectivity index (χ3v) is 2.62. The average molecular weight is 271 g/mol. The summed E-state index contributed by atoms with van der Waals surface area (Å²) in [6, 6.07) is 0. The summed E-state index contributed by atoms with van der Waals surface area (Å²) in [4.78, 5) is 18.1. The molecular formula is C11H17N3O3S. The first-order valence-electron chi connectivity index (χ1n) is 5.53. The molecular weight excluding hydrogens is 254 g/mol. The number of ether oxygens (including phenoxy) is 1. The number of aromatic nitrogens is 1. The number of hydrogen-bond donors (Lipinski definition) is 1. The fourth-order valence-electron chi connectivity index (χ4n) is 1.41. The Morgan fingerprint density at radius 3 is 2.83 bits per heavy atom. The molecule has 0 aromatic carbocycles. The number of aryl methyl sites for hydroxylation is 1. The lowest BCUT2D eigenvalue weighted by molar-refractivity contribution is 0.0669. The highest BCUT2D eigenvalue weighted by Crippen LogP contribution is 2.09. The molecule has 7 heteroatoms. The van der Waals surface area contributed by atoms with Gasteiger partial charge in [-0.3, -0.25) is 4.79 Å². The van der Waals surface area contributed by atoms with E-state index in [-0.39, 0.29) is 11.7 Å². The second-order valence-electron chi connectivity index (χ2n) is 3.77. The number of amides is 1. The lowest BCUT2D eigenvalue weighted by atomic mass is 10.3. The molecule has 1 aromatic heterocycles. The zero-order valence-electron chi connectivity index (χ0n) is 10.5. The van der Waals surface area contributed by atoms with E-state index >= 15 is 0 Å². The van der Waals surface area contributed by atoms with Crippen molar-refractivity contribution >= 4 is 23.1 Å². The second kappa shape index (κ2) is 7.07. The van der Waals surface area contributed by atoms with Crippen molar-refractivity contribution in [2.24, 2.45) is 5.73 Å². The quantitative estimate of drug-likeness (QED) is 0.737. The van der Waals surface area contributed by atoms with Crippen LogP contribution in [0, 0.1) is 6.92 Å². The van der Waals surface area contributed by atoms with Crippen LogP contribution in [0.15, 0.2) is 10.8 Å². The summed E-state index contributed by atoms with van der Waals surface area (Å²) < 4.78 is 10.1. The maximum atomic E-state index is 12.2. The number of carbonyl (C=O) groups excluding carboxylic acids is 1. The van der Waals surface area contributed by atoms with Crippen LogP contribution in [-0.2, 0) is 4.74 Å². The molecule has 0 radical (unpaired) electrons. The fraction of sp³-hybridized carbons (Fsp3) is 0.545. The smallest absolute Gasteiger partial charge is 0.291 e. The summed E-state index contributed by atoms with van der Waals surface area (Å²) in [5.74, 6) is 0.0207. The highest BCUT2D eigenvalue weighted by Gasteiger charge is 2.21. The Hall–Kier alpha value is -1.47. The first kappa shape index (κ1) is 14.6. The van der Waals surface area contributed by atoms with Gasteiger partial charge in [-0.25, -0.2) is 4.98 Å². The van der Waals surface area contributed by atoms with Gasteiger partial charge in [-0.05, 0) is 6.92 Å². The molecule has 2 N–H and O–H groups in total. The summed E-state index contributed by atoms with van der Waals surface area (Å²) in [5.41, 5.74) is 6.01. The van der Waals surface area contributed by atoms with E-state index in [4.69, 9.17) is 27.1 Å². The van der Waals surface area contributed by atoms with E-state index in [2.05, 4.69) is 4.98 Å². The number of thiocarbonyl (C=S) groups is 1. The van der Waals surface area contributed by atoms with Gasteiger partial charge in [0.2, 0.25) is 5.76 Å². The maximum Gasteiger partial charge on any atom is 0.291 e. The van der Waals surface area contributed by atoms with Gasteiger partial charge in [-0.1, -0.05) is 12.2 Å². The van der Waals surface area contributed by atoms with Crippen molar-refractivity contribution in [1.82, 2.24) is 9.88 Å². The van der Waals surface area contributed by atoms with Gasteiger partial charge in [-0.2, -0.15) is 0 Å². The van der Waals surface area contributed by atoms with Crippen LogP contribution in [0.2, 0.25) is 0 Å². The van der Waals surface area contributed by atoms with Crippen molar-refractivity contribution in [3.63, 3.8) is 0 Å². The van der Waals surface area contributed by atoms with E-state index < -0.39 is 0 Å². The topological polar surface area (TPSA) is 81.6 Å². The van der Waals surface area contributed by atoms with E-state index in [1.165, 1.54) is 6.39 Å². The van der Waals surface area contributed by atoms with Gasteiger partial charge in [-0.15, -0.1) is 0 Å². The maximum absolute atomic E-state index is 12.2. The van der Waals surface area contributed by atoms with E-state index in [1.54, 1.807) is 18.9 Å². The van der Waals surface area contributed by atoms with Gasteiger partial charge in [0.15, 0.2) is 6.39 Å². The highest BCUT2D eigenvalue weighted by molar-refractivity contribution is 7.80. The van der Waals surface area contributed by atoms with Gasteiger partial charge in [0.1, 0.15) is 0 Å². The van der Waals surface area contributed by atoms with Crippen LogP contribution in [0.25, 0.3) is 0 Å². The molecule has 0 fully saturated rings. The molecule has 0 aliphatic heterocycles. The molecule has 0 unspecified atom stereocenters. The average Bonchev–Trinajstić information content (AvgIpc) is 2.74. The molecule has 0 bridgehead atoms. The van der Waals surface area contributed by atoms with E-state index in [0.717, 1.165) is 0 Å². The largest absolute Gasteiger partial charge is 0.438 e. The van der Waals surface area contributed by atoms with Gasteiger partial charge in [0.05, 0.1) is 17.3 Å². The zero-order valence-corrected chi connectivity index (χ0v) is 11.3. The normalized spacial score (nSPS) is 10.3. The second-order valence-corrected chi connectivity index (χ2v) is 4.29. The standard InChI is InChI=1S/C11H17N3O3S/c1-8-10(17-7-13-8)11(15)14(5-6-16-2)4-3-9(12)18/h7H,3-6H2,1-2H3,(H2,12,18). The molecule has 0 atom stereocenters. The molecule has 0 saturated heterocycles. The Bertz CT molecular complexity index is 419. The molecule has 0 aliphatic carbocycles. The third-order valence-electron chi connectivity index (χ3n) is 2.42. The fourth-order valence-corrected chi connectivity index (χ4v) is 1.50. The van der Waals surface area contributed by atoms with Crippen molar-refractivity contribution in [1.29, 1.82) is 0 Å².